The highest BCUT2D eigenvalue weighted by Gasteiger charge is 2.27. The van der Waals surface area contributed by atoms with Gasteiger partial charge in [0.25, 0.3) is 0 Å². The maximum Gasteiger partial charge on any atom is 0.240 e. The van der Waals surface area contributed by atoms with E-state index in [0.717, 1.165) is 11.4 Å². The number of nitrogens with one attached hydrogen (secondary N) is 3. The summed E-state index contributed by atoms with van der Waals surface area (Å²) >= 11 is 0. The molecule has 0 aliphatic carbocycles. The molecule has 1 heterocycles. The number of nitrogens with zero attached hydrogens (tertiary/aromatic N) is 3. The third-order valence-electron chi connectivity index (χ3n) is 10.4. The van der Waals surface area contributed by atoms with Crippen molar-refractivity contribution in [3.8, 4) is 11.4 Å². The number of benzene rings is 8. The number of rotatable bonds is 10. The SMILES string of the molecule is COc1ccccc1Nc1cc2c(cc1S(=O)(=O)[O-])nc1c3cccc(S(=O)(=O)[O-])c3c(Nc3ccccc3)cc1[n+]2-c1ccccc1.Cc1cccc(N=C(N)Nc2cccc(C)c2)c1. The maximum absolute atomic E-state index is 12.7. The summed E-state index contributed by atoms with van der Waals surface area (Å²) in [5.74, 6) is 0.817. The van der Waals surface area contributed by atoms with Crippen molar-refractivity contribution in [2.24, 2.45) is 10.7 Å². The van der Waals surface area contributed by atoms with Crippen LogP contribution in [0.15, 0.2) is 185 Å². The van der Waals surface area contributed by atoms with Crippen molar-refractivity contribution in [3.63, 3.8) is 0 Å². The molecule has 0 unspecified atom stereocenters. The number of anilines is 5. The molecular weight excluding hydrogens is 875 g/mol. The summed E-state index contributed by atoms with van der Waals surface area (Å²) in [4.78, 5) is 8.14. The number of fused-ring (bicyclic) bond motifs is 4. The highest BCUT2D eigenvalue weighted by Crippen LogP contribution is 2.39. The van der Waals surface area contributed by atoms with Gasteiger partial charge >= 0.3 is 0 Å². The number of hydrogen-bond donors (Lipinski definition) is 4. The predicted octanol–water partition coefficient (Wildman–Crippen LogP) is 9.48. The van der Waals surface area contributed by atoms with Crippen molar-refractivity contribution < 1.29 is 35.2 Å². The molecule has 0 aliphatic heterocycles. The Hall–Kier alpha value is -7.89. The molecule has 16 heteroatoms. The van der Waals surface area contributed by atoms with Crippen LogP contribution < -0.4 is 31.0 Å². The molecular formula is C50H42N7O7S2-. The van der Waals surface area contributed by atoms with Crippen LogP contribution in [-0.4, -0.2) is 44.0 Å². The quantitative estimate of drug-likeness (QED) is 0.0252. The third kappa shape index (κ3) is 9.91. The van der Waals surface area contributed by atoms with Crippen molar-refractivity contribution >= 4 is 93.2 Å². The highest BCUT2D eigenvalue weighted by molar-refractivity contribution is 7.86. The van der Waals surface area contributed by atoms with Crippen molar-refractivity contribution in [1.82, 2.24) is 4.98 Å². The Balaban J connectivity index is 0.000000275. The van der Waals surface area contributed by atoms with Crippen LogP contribution in [0.3, 0.4) is 0 Å². The van der Waals surface area contributed by atoms with Crippen molar-refractivity contribution in [2.45, 2.75) is 23.6 Å². The highest BCUT2D eigenvalue weighted by atomic mass is 32.2. The summed E-state index contributed by atoms with van der Waals surface area (Å²) in [6.45, 7) is 4.07. The number of para-hydroxylation sites is 4. The molecule has 66 heavy (non-hydrogen) atoms. The van der Waals surface area contributed by atoms with E-state index in [1.54, 1.807) is 48.5 Å². The molecule has 0 amide bonds. The van der Waals surface area contributed by atoms with Gasteiger partial charge in [0.2, 0.25) is 16.7 Å². The number of aromatic nitrogens is 2. The van der Waals surface area contributed by atoms with Crippen LogP contribution >= 0.6 is 0 Å². The molecule has 9 rings (SSSR count). The maximum atomic E-state index is 12.7. The number of hydrogen-bond acceptors (Lipinski definition) is 11. The van der Waals surface area contributed by atoms with Gasteiger partial charge in [-0.3, -0.25) is 0 Å². The fourth-order valence-corrected chi connectivity index (χ4v) is 8.91. The molecule has 0 bridgehead atoms. The largest absolute Gasteiger partial charge is 0.744 e. The normalized spacial score (nSPS) is 11.8. The number of ether oxygens (including phenoxy) is 1. The Morgan fingerprint density at radius 3 is 1.92 bits per heavy atom. The first-order chi connectivity index (χ1) is 31.7. The van der Waals surface area contributed by atoms with E-state index in [-0.39, 0.29) is 22.1 Å². The van der Waals surface area contributed by atoms with E-state index in [4.69, 9.17) is 15.5 Å². The summed E-state index contributed by atoms with van der Waals surface area (Å²) in [5.41, 5.74) is 13.4. The zero-order chi connectivity index (χ0) is 46.6. The van der Waals surface area contributed by atoms with Crippen molar-refractivity contribution in [3.05, 3.63) is 181 Å². The van der Waals surface area contributed by atoms with Gasteiger partial charge in [0.05, 0.1) is 39.7 Å². The molecule has 8 aromatic carbocycles. The lowest BCUT2D eigenvalue weighted by molar-refractivity contribution is -0.538. The van der Waals surface area contributed by atoms with E-state index in [0.29, 0.717) is 50.9 Å². The van der Waals surface area contributed by atoms with Gasteiger partial charge in [0.15, 0.2) is 5.96 Å². The predicted molar refractivity (Wildman–Crippen MR) is 257 cm³/mol. The first kappa shape index (κ1) is 44.7. The lowest BCUT2D eigenvalue weighted by atomic mass is 10.0. The van der Waals surface area contributed by atoms with Gasteiger partial charge in [-0.05, 0) is 85.6 Å². The Bertz CT molecular complexity index is 3540. The van der Waals surface area contributed by atoms with Gasteiger partial charge in [-0.15, -0.1) is 4.57 Å². The van der Waals surface area contributed by atoms with Crippen LogP contribution in [0.2, 0.25) is 0 Å². The minimum Gasteiger partial charge on any atom is -0.744 e. The Labute approximate surface area is 381 Å². The van der Waals surface area contributed by atoms with E-state index in [9.17, 15) is 25.9 Å². The first-order valence-electron chi connectivity index (χ1n) is 20.4. The molecule has 14 nitrogen and oxygen atoms in total. The molecule has 0 aliphatic rings. The summed E-state index contributed by atoms with van der Waals surface area (Å²) in [5, 5.41) is 9.84. The summed E-state index contributed by atoms with van der Waals surface area (Å²) in [6, 6.07) is 49.8. The van der Waals surface area contributed by atoms with Gasteiger partial charge in [0, 0.05) is 46.4 Å². The molecule has 0 atom stereocenters. The average Bonchev–Trinajstić information content (AvgIpc) is 3.28. The fourth-order valence-electron chi connectivity index (χ4n) is 7.56. The van der Waals surface area contributed by atoms with Gasteiger partial charge in [-0.2, -0.15) is 0 Å². The summed E-state index contributed by atoms with van der Waals surface area (Å²) in [7, 11) is -8.51. The standard InChI is InChI=1S/C35H26N4O7S2.C15H17N3/c1-46-31-17-9-8-16-25(31)37-27-19-29-26(21-33(27)48(43,44)45)38-35-24-15-10-18-32(47(40,41)42)34(24)28(36-22-11-4-2-5-12-22)20-30(35)39(29)23-13-6-3-7-14-23;1-11-5-3-7-13(9-11)17-15(16)18-14-8-4-6-12(2)10-14/h2-21H,1H3,(H3,36,37,40,41,42,43,44,45);3-10H,1-2H3,(H3,16,17,18)/p-1. The van der Waals surface area contributed by atoms with Gasteiger partial charge in [-0.1, -0.05) is 84.9 Å². The molecule has 9 aromatic rings. The lowest BCUT2D eigenvalue weighted by Crippen LogP contribution is -2.33. The van der Waals surface area contributed by atoms with Gasteiger partial charge in [-0.25, -0.2) is 26.8 Å². The Morgan fingerprint density at radius 1 is 0.621 bits per heavy atom. The van der Waals surface area contributed by atoms with Crippen LogP contribution in [0.25, 0.3) is 38.5 Å². The van der Waals surface area contributed by atoms with E-state index >= 15 is 0 Å². The van der Waals surface area contributed by atoms with Crippen molar-refractivity contribution in [2.75, 3.05) is 23.1 Å². The van der Waals surface area contributed by atoms with Crippen LogP contribution in [0, 0.1) is 13.8 Å². The van der Waals surface area contributed by atoms with E-state index in [1.807, 2.05) is 115 Å². The minimum absolute atomic E-state index is 0.00371. The number of guanidine groups is 1. The Kier molecular flexibility index (Phi) is 12.7. The number of aliphatic imine (C=N–C) groups is 1. The van der Waals surface area contributed by atoms with Gasteiger partial charge in [0.1, 0.15) is 37.0 Å². The monoisotopic (exact) mass is 916 g/mol. The van der Waals surface area contributed by atoms with Crippen LogP contribution in [0.5, 0.6) is 5.75 Å². The second kappa shape index (κ2) is 18.7. The smallest absolute Gasteiger partial charge is 0.240 e. The Morgan fingerprint density at radius 2 is 1.24 bits per heavy atom. The minimum atomic E-state index is -5.04. The molecule has 0 radical (unpaired) electrons. The van der Waals surface area contributed by atoms with Crippen molar-refractivity contribution in [1.29, 1.82) is 0 Å². The summed E-state index contributed by atoms with van der Waals surface area (Å²) < 4.78 is 82.9. The summed E-state index contributed by atoms with van der Waals surface area (Å²) in [6.07, 6.45) is 0. The molecule has 0 fully saturated rings. The molecule has 0 spiro atoms. The van der Waals surface area contributed by atoms with E-state index in [2.05, 4.69) is 20.9 Å². The molecule has 0 saturated heterocycles. The van der Waals surface area contributed by atoms with Crippen LogP contribution in [-0.2, 0) is 20.2 Å². The number of methoxy groups -OCH3 is 1. The topological polar surface area (TPSA) is 215 Å². The third-order valence-corrected chi connectivity index (χ3v) is 12.1. The molecule has 332 valence electrons. The fraction of sp³-hybridized carbons (Fsp3) is 0.0600. The molecule has 0 saturated carbocycles. The second-order valence-corrected chi connectivity index (χ2v) is 17.8. The van der Waals surface area contributed by atoms with Crippen LogP contribution in [0.1, 0.15) is 11.1 Å². The second-order valence-electron chi connectivity index (χ2n) is 15.1. The molecule has 1 aromatic heterocycles. The first-order valence-corrected chi connectivity index (χ1v) is 23.2. The molecule has 5 N–H and O–H groups in total. The lowest BCUT2D eigenvalue weighted by Gasteiger charge is -2.19. The average molecular weight is 917 g/mol. The van der Waals surface area contributed by atoms with Crippen LogP contribution in [0.4, 0.5) is 34.1 Å². The van der Waals surface area contributed by atoms with Gasteiger partial charge < -0.3 is 35.5 Å². The van der Waals surface area contributed by atoms with E-state index in [1.165, 1.54) is 42.5 Å². The number of aryl methyl sites for hydroxylation is 2. The number of nitrogens with two attached hydrogens (primary N) is 1. The van der Waals surface area contributed by atoms with E-state index < -0.39 is 30.0 Å². The zero-order valence-corrected chi connectivity index (χ0v) is 37.4. The zero-order valence-electron chi connectivity index (χ0n) is 35.8.